The summed E-state index contributed by atoms with van der Waals surface area (Å²) in [5, 5.41) is 3.41. The van der Waals surface area contributed by atoms with Gasteiger partial charge in [-0.3, -0.25) is 0 Å². The van der Waals surface area contributed by atoms with Crippen molar-refractivity contribution in [3.63, 3.8) is 0 Å². The van der Waals surface area contributed by atoms with E-state index in [1.165, 1.54) is 22.4 Å². The van der Waals surface area contributed by atoms with Crippen LogP contribution in [0.5, 0.6) is 0 Å². The Morgan fingerprint density at radius 1 is 1.24 bits per heavy atom. The minimum absolute atomic E-state index is 0.842. The predicted octanol–water partition coefficient (Wildman–Crippen LogP) is 4.57. The van der Waals surface area contributed by atoms with Gasteiger partial charge in [-0.15, -0.1) is 11.3 Å². The Morgan fingerprint density at radius 3 is 2.82 bits per heavy atom. The van der Waals surface area contributed by atoms with Gasteiger partial charge in [-0.25, -0.2) is 0 Å². The van der Waals surface area contributed by atoms with Crippen LogP contribution in [0.15, 0.2) is 36.4 Å². The number of thiophene rings is 1. The molecule has 0 spiro atoms. The fourth-order valence-electron chi connectivity index (χ4n) is 1.71. The number of benzene rings is 1. The van der Waals surface area contributed by atoms with Crippen molar-refractivity contribution in [3.05, 3.63) is 46.3 Å². The molecule has 0 bridgehead atoms. The van der Waals surface area contributed by atoms with E-state index in [-0.39, 0.29) is 0 Å². The molecule has 0 saturated carbocycles. The molecule has 0 aliphatic rings. The molecule has 0 unspecified atom stereocenters. The van der Waals surface area contributed by atoms with Crippen LogP contribution in [0.1, 0.15) is 18.9 Å². The molecule has 0 radical (unpaired) electrons. The molecular weight excluding hydrogens is 250 g/mol. The zero-order chi connectivity index (χ0) is 12.1. The van der Waals surface area contributed by atoms with Crippen LogP contribution in [0.3, 0.4) is 0 Å². The van der Waals surface area contributed by atoms with Gasteiger partial charge in [0.2, 0.25) is 0 Å². The summed E-state index contributed by atoms with van der Waals surface area (Å²) < 4.78 is 0.842. The molecule has 0 aliphatic carbocycles. The predicted molar refractivity (Wildman–Crippen MR) is 76.8 cm³/mol. The average Bonchev–Trinajstić information content (AvgIpc) is 2.77. The number of nitrogens with one attached hydrogen (secondary N) is 1. The molecule has 3 heteroatoms. The maximum Gasteiger partial charge on any atom is 0.0934 e. The lowest BCUT2D eigenvalue weighted by molar-refractivity contribution is 0.675. The summed E-state index contributed by atoms with van der Waals surface area (Å²) in [6, 6.07) is 12.6. The second kappa shape index (κ2) is 6.20. The van der Waals surface area contributed by atoms with E-state index in [2.05, 4.69) is 42.6 Å². The number of rotatable bonds is 5. The Kier molecular flexibility index (Phi) is 4.60. The van der Waals surface area contributed by atoms with E-state index in [0.29, 0.717) is 0 Å². The molecule has 2 aromatic rings. The van der Waals surface area contributed by atoms with E-state index < -0.39 is 0 Å². The maximum absolute atomic E-state index is 5.96. The molecule has 90 valence electrons. The van der Waals surface area contributed by atoms with Crippen molar-refractivity contribution in [2.24, 2.45) is 0 Å². The first-order valence-corrected chi connectivity index (χ1v) is 7.04. The zero-order valence-corrected chi connectivity index (χ0v) is 11.4. The molecule has 0 fully saturated rings. The van der Waals surface area contributed by atoms with Crippen molar-refractivity contribution in [2.75, 3.05) is 6.54 Å². The van der Waals surface area contributed by atoms with E-state index >= 15 is 0 Å². The summed E-state index contributed by atoms with van der Waals surface area (Å²) in [5.41, 5.74) is 2.57. The molecule has 0 aliphatic heterocycles. The molecule has 0 atom stereocenters. The van der Waals surface area contributed by atoms with Gasteiger partial charge in [-0.05, 0) is 42.3 Å². The van der Waals surface area contributed by atoms with Crippen molar-refractivity contribution in [2.45, 2.75) is 19.9 Å². The molecule has 1 nitrogen and oxygen atoms in total. The highest BCUT2D eigenvalue weighted by Gasteiger charge is 2.02. The first-order chi connectivity index (χ1) is 8.29. The van der Waals surface area contributed by atoms with Crippen LogP contribution in [-0.2, 0) is 6.54 Å². The van der Waals surface area contributed by atoms with Crippen molar-refractivity contribution in [1.29, 1.82) is 0 Å². The van der Waals surface area contributed by atoms with Gasteiger partial charge in [0, 0.05) is 11.4 Å². The lowest BCUT2D eigenvalue weighted by Gasteiger charge is -2.05. The highest BCUT2D eigenvalue weighted by molar-refractivity contribution is 7.19. The summed E-state index contributed by atoms with van der Waals surface area (Å²) in [6.07, 6.45) is 1.17. The van der Waals surface area contributed by atoms with Crippen LogP contribution in [-0.4, -0.2) is 6.54 Å². The molecule has 17 heavy (non-hydrogen) atoms. The van der Waals surface area contributed by atoms with Gasteiger partial charge < -0.3 is 5.32 Å². The van der Waals surface area contributed by atoms with E-state index in [1.807, 2.05) is 6.07 Å². The molecule has 1 aromatic carbocycles. The molecule has 0 saturated heterocycles. The largest absolute Gasteiger partial charge is 0.313 e. The van der Waals surface area contributed by atoms with Crippen molar-refractivity contribution in [1.82, 2.24) is 5.32 Å². The number of halogens is 1. The quantitative estimate of drug-likeness (QED) is 0.781. The van der Waals surface area contributed by atoms with Crippen LogP contribution in [0.25, 0.3) is 10.4 Å². The molecule has 1 aromatic heterocycles. The number of hydrogen-bond acceptors (Lipinski definition) is 2. The first kappa shape index (κ1) is 12.6. The lowest BCUT2D eigenvalue weighted by Crippen LogP contribution is -2.13. The van der Waals surface area contributed by atoms with Crippen molar-refractivity contribution in [3.8, 4) is 10.4 Å². The Labute approximate surface area is 111 Å². The van der Waals surface area contributed by atoms with Gasteiger partial charge in [0.25, 0.3) is 0 Å². The van der Waals surface area contributed by atoms with Gasteiger partial charge in [-0.2, -0.15) is 0 Å². The van der Waals surface area contributed by atoms with Gasteiger partial charge in [0.05, 0.1) is 4.34 Å². The van der Waals surface area contributed by atoms with E-state index in [0.717, 1.165) is 17.4 Å². The standard InChI is InChI=1S/C14H16ClNS/c1-2-8-16-10-11-4-3-5-12(9-11)13-6-7-14(15)17-13/h3-7,9,16H,2,8,10H2,1H3. The minimum Gasteiger partial charge on any atom is -0.313 e. The summed E-state index contributed by atoms with van der Waals surface area (Å²) in [7, 11) is 0. The highest BCUT2D eigenvalue weighted by Crippen LogP contribution is 2.31. The van der Waals surface area contributed by atoms with Gasteiger partial charge in [-0.1, -0.05) is 36.7 Å². The van der Waals surface area contributed by atoms with Crippen molar-refractivity contribution < 1.29 is 0 Å². The molecular formula is C14H16ClNS. The molecule has 0 amide bonds. The summed E-state index contributed by atoms with van der Waals surface area (Å²) >= 11 is 7.58. The van der Waals surface area contributed by atoms with Crippen LogP contribution < -0.4 is 5.32 Å². The Bertz CT molecular complexity index is 479. The second-order valence-corrected chi connectivity index (χ2v) is 5.70. The summed E-state index contributed by atoms with van der Waals surface area (Å²) in [5.74, 6) is 0. The third-order valence-corrected chi connectivity index (χ3v) is 3.82. The topological polar surface area (TPSA) is 12.0 Å². The number of hydrogen-bond donors (Lipinski definition) is 1. The van der Waals surface area contributed by atoms with Gasteiger partial charge in [0.1, 0.15) is 0 Å². The Balaban J connectivity index is 2.11. The fourth-order valence-corrected chi connectivity index (χ4v) is 2.75. The molecule has 2 rings (SSSR count). The van der Waals surface area contributed by atoms with Crippen LogP contribution in [0.2, 0.25) is 4.34 Å². The third-order valence-electron chi connectivity index (χ3n) is 2.54. The lowest BCUT2D eigenvalue weighted by atomic mass is 10.1. The van der Waals surface area contributed by atoms with Crippen molar-refractivity contribution >= 4 is 22.9 Å². The fraction of sp³-hybridized carbons (Fsp3) is 0.286. The summed E-state index contributed by atoms with van der Waals surface area (Å²) in [6.45, 7) is 4.17. The second-order valence-electron chi connectivity index (χ2n) is 3.98. The zero-order valence-electron chi connectivity index (χ0n) is 9.87. The van der Waals surface area contributed by atoms with Gasteiger partial charge >= 0.3 is 0 Å². The Morgan fingerprint density at radius 2 is 2.12 bits per heavy atom. The average molecular weight is 266 g/mol. The van der Waals surface area contributed by atoms with Crippen LogP contribution in [0.4, 0.5) is 0 Å². The Hall–Kier alpha value is -0.830. The first-order valence-electron chi connectivity index (χ1n) is 5.85. The molecule has 1 N–H and O–H groups in total. The minimum atomic E-state index is 0.842. The maximum atomic E-state index is 5.96. The highest BCUT2D eigenvalue weighted by atomic mass is 35.5. The van der Waals surface area contributed by atoms with Gasteiger partial charge in [0.15, 0.2) is 0 Å². The van der Waals surface area contributed by atoms with E-state index in [4.69, 9.17) is 11.6 Å². The monoisotopic (exact) mass is 265 g/mol. The van der Waals surface area contributed by atoms with E-state index in [1.54, 1.807) is 11.3 Å². The normalized spacial score (nSPS) is 10.7. The molecule has 1 heterocycles. The van der Waals surface area contributed by atoms with Crippen LogP contribution >= 0.6 is 22.9 Å². The summed E-state index contributed by atoms with van der Waals surface area (Å²) in [4.78, 5) is 1.23. The van der Waals surface area contributed by atoms with Crippen LogP contribution in [0, 0.1) is 0 Å². The van der Waals surface area contributed by atoms with E-state index in [9.17, 15) is 0 Å². The SMILES string of the molecule is CCCNCc1cccc(-c2ccc(Cl)s2)c1. The third kappa shape index (κ3) is 3.56. The smallest absolute Gasteiger partial charge is 0.0934 e.